The standard InChI is InChI=1S/C13H20ClN3O/c1-3-5-7-17(8-6-4-2)13(18)11-9-16-12(14)10-15-11/h9-10H,3-8H2,1-2H3. The van der Waals surface area contributed by atoms with Crippen LogP contribution in [0.15, 0.2) is 12.4 Å². The first-order chi connectivity index (χ1) is 8.69. The van der Waals surface area contributed by atoms with Crippen molar-refractivity contribution in [2.24, 2.45) is 0 Å². The van der Waals surface area contributed by atoms with Crippen LogP contribution in [0.1, 0.15) is 50.0 Å². The minimum absolute atomic E-state index is 0.0546. The van der Waals surface area contributed by atoms with E-state index in [9.17, 15) is 4.79 Å². The van der Waals surface area contributed by atoms with Crippen molar-refractivity contribution in [1.82, 2.24) is 14.9 Å². The molecule has 0 N–H and O–H groups in total. The van der Waals surface area contributed by atoms with Gasteiger partial charge in [-0.05, 0) is 12.8 Å². The highest BCUT2D eigenvalue weighted by atomic mass is 35.5. The summed E-state index contributed by atoms with van der Waals surface area (Å²) in [6, 6.07) is 0. The zero-order chi connectivity index (χ0) is 13.4. The Morgan fingerprint density at radius 1 is 1.17 bits per heavy atom. The van der Waals surface area contributed by atoms with Crippen LogP contribution in [-0.4, -0.2) is 33.9 Å². The lowest BCUT2D eigenvalue weighted by molar-refractivity contribution is 0.0744. The van der Waals surface area contributed by atoms with Crippen LogP contribution in [-0.2, 0) is 0 Å². The SMILES string of the molecule is CCCCN(CCCC)C(=O)c1cnc(Cl)cn1. The van der Waals surface area contributed by atoms with Crippen LogP contribution in [0, 0.1) is 0 Å². The first kappa shape index (κ1) is 14.9. The second-order valence-electron chi connectivity index (χ2n) is 4.22. The fraction of sp³-hybridized carbons (Fsp3) is 0.615. The fourth-order valence-electron chi connectivity index (χ4n) is 1.60. The van der Waals surface area contributed by atoms with Crippen LogP contribution < -0.4 is 0 Å². The zero-order valence-electron chi connectivity index (χ0n) is 11.0. The van der Waals surface area contributed by atoms with Gasteiger partial charge in [0.25, 0.3) is 5.91 Å². The molecular weight excluding hydrogens is 250 g/mol. The van der Waals surface area contributed by atoms with E-state index in [0.29, 0.717) is 10.8 Å². The van der Waals surface area contributed by atoms with Gasteiger partial charge in [-0.1, -0.05) is 38.3 Å². The summed E-state index contributed by atoms with van der Waals surface area (Å²) >= 11 is 5.66. The molecule has 4 nitrogen and oxygen atoms in total. The van der Waals surface area contributed by atoms with E-state index in [1.54, 1.807) is 0 Å². The van der Waals surface area contributed by atoms with Gasteiger partial charge in [0.05, 0.1) is 12.4 Å². The molecule has 0 saturated carbocycles. The predicted octanol–water partition coefficient (Wildman–Crippen LogP) is 3.17. The Kier molecular flexibility index (Phi) is 6.65. The molecule has 1 amide bonds. The van der Waals surface area contributed by atoms with Gasteiger partial charge >= 0.3 is 0 Å². The topological polar surface area (TPSA) is 46.1 Å². The van der Waals surface area contributed by atoms with E-state index in [1.165, 1.54) is 12.4 Å². The summed E-state index contributed by atoms with van der Waals surface area (Å²) in [5.41, 5.74) is 0.367. The number of amides is 1. The summed E-state index contributed by atoms with van der Waals surface area (Å²) < 4.78 is 0. The number of hydrogen-bond acceptors (Lipinski definition) is 3. The molecule has 0 saturated heterocycles. The van der Waals surface area contributed by atoms with E-state index in [1.807, 2.05) is 4.90 Å². The molecule has 0 spiro atoms. The molecule has 0 radical (unpaired) electrons. The maximum atomic E-state index is 12.2. The fourth-order valence-corrected chi connectivity index (χ4v) is 1.70. The molecule has 5 heteroatoms. The van der Waals surface area contributed by atoms with Crippen molar-refractivity contribution in [3.05, 3.63) is 23.2 Å². The van der Waals surface area contributed by atoms with Crippen LogP contribution in [0.2, 0.25) is 5.15 Å². The first-order valence-electron chi connectivity index (χ1n) is 6.45. The quantitative estimate of drug-likeness (QED) is 0.764. The van der Waals surface area contributed by atoms with Gasteiger partial charge in [0.2, 0.25) is 0 Å². The smallest absolute Gasteiger partial charge is 0.274 e. The number of carbonyl (C=O) groups is 1. The van der Waals surface area contributed by atoms with E-state index >= 15 is 0 Å². The summed E-state index contributed by atoms with van der Waals surface area (Å²) in [6.45, 7) is 5.79. The van der Waals surface area contributed by atoms with Gasteiger partial charge in [0.1, 0.15) is 10.8 Å². The number of carbonyl (C=O) groups excluding carboxylic acids is 1. The van der Waals surface area contributed by atoms with E-state index < -0.39 is 0 Å². The van der Waals surface area contributed by atoms with Crippen LogP contribution in [0.5, 0.6) is 0 Å². The summed E-state index contributed by atoms with van der Waals surface area (Å²) in [7, 11) is 0. The van der Waals surface area contributed by atoms with Crippen LogP contribution in [0.4, 0.5) is 0 Å². The monoisotopic (exact) mass is 269 g/mol. The van der Waals surface area contributed by atoms with E-state index in [0.717, 1.165) is 38.8 Å². The minimum atomic E-state index is -0.0546. The van der Waals surface area contributed by atoms with Crippen LogP contribution >= 0.6 is 11.6 Å². The maximum Gasteiger partial charge on any atom is 0.274 e. The molecule has 1 rings (SSSR count). The highest BCUT2D eigenvalue weighted by Gasteiger charge is 2.16. The first-order valence-corrected chi connectivity index (χ1v) is 6.83. The van der Waals surface area contributed by atoms with Crippen molar-refractivity contribution >= 4 is 17.5 Å². The third-order valence-electron chi connectivity index (χ3n) is 2.69. The summed E-state index contributed by atoms with van der Waals surface area (Å²) in [5.74, 6) is -0.0546. The molecule has 0 aromatic carbocycles. The second-order valence-corrected chi connectivity index (χ2v) is 4.61. The van der Waals surface area contributed by atoms with Crippen molar-refractivity contribution in [3.63, 3.8) is 0 Å². The average molecular weight is 270 g/mol. The third-order valence-corrected chi connectivity index (χ3v) is 2.89. The lowest BCUT2D eigenvalue weighted by atomic mass is 10.2. The van der Waals surface area contributed by atoms with Crippen LogP contribution in [0.25, 0.3) is 0 Å². The molecule has 1 heterocycles. The van der Waals surface area contributed by atoms with Gasteiger partial charge < -0.3 is 4.90 Å². The molecule has 0 aliphatic rings. The number of hydrogen-bond donors (Lipinski definition) is 0. The molecule has 0 fully saturated rings. The van der Waals surface area contributed by atoms with Crippen LogP contribution in [0.3, 0.4) is 0 Å². The van der Waals surface area contributed by atoms with E-state index in [-0.39, 0.29) is 5.91 Å². The number of rotatable bonds is 7. The Morgan fingerprint density at radius 3 is 2.22 bits per heavy atom. The molecule has 1 aromatic heterocycles. The van der Waals surface area contributed by atoms with Crippen molar-refractivity contribution in [1.29, 1.82) is 0 Å². The Balaban J connectivity index is 2.70. The Hall–Kier alpha value is -1.16. The third kappa shape index (κ3) is 4.61. The van der Waals surface area contributed by atoms with Gasteiger partial charge in [-0.15, -0.1) is 0 Å². The zero-order valence-corrected chi connectivity index (χ0v) is 11.8. The van der Waals surface area contributed by atoms with Gasteiger partial charge in [-0.3, -0.25) is 4.79 Å². The van der Waals surface area contributed by atoms with Crippen molar-refractivity contribution in [2.45, 2.75) is 39.5 Å². The average Bonchev–Trinajstić information content (AvgIpc) is 2.39. The lowest BCUT2D eigenvalue weighted by Gasteiger charge is -2.21. The predicted molar refractivity (Wildman–Crippen MR) is 72.8 cm³/mol. The number of nitrogens with zero attached hydrogens (tertiary/aromatic N) is 3. The van der Waals surface area contributed by atoms with Crippen molar-refractivity contribution in [2.75, 3.05) is 13.1 Å². The molecule has 0 atom stereocenters. The molecule has 1 aromatic rings. The van der Waals surface area contributed by atoms with E-state index in [4.69, 9.17) is 11.6 Å². The van der Waals surface area contributed by atoms with Crippen molar-refractivity contribution in [3.8, 4) is 0 Å². The molecule has 0 unspecified atom stereocenters. The summed E-state index contributed by atoms with van der Waals surface area (Å²) in [6.07, 6.45) is 7.01. The number of aromatic nitrogens is 2. The molecule has 0 aliphatic carbocycles. The molecule has 0 aliphatic heterocycles. The maximum absolute atomic E-state index is 12.2. The molecule has 100 valence electrons. The Labute approximate surface area is 113 Å². The van der Waals surface area contributed by atoms with E-state index in [2.05, 4.69) is 23.8 Å². The normalized spacial score (nSPS) is 10.4. The summed E-state index contributed by atoms with van der Waals surface area (Å²) in [4.78, 5) is 22.0. The Bertz CT molecular complexity index is 359. The highest BCUT2D eigenvalue weighted by Crippen LogP contribution is 2.07. The molecule has 0 bridgehead atoms. The van der Waals surface area contributed by atoms with Crippen molar-refractivity contribution < 1.29 is 4.79 Å². The highest BCUT2D eigenvalue weighted by molar-refractivity contribution is 6.29. The minimum Gasteiger partial charge on any atom is -0.337 e. The van der Waals surface area contributed by atoms with Gasteiger partial charge in [0, 0.05) is 13.1 Å². The second kappa shape index (κ2) is 8.03. The Morgan fingerprint density at radius 2 is 1.78 bits per heavy atom. The number of unbranched alkanes of at least 4 members (excludes halogenated alkanes) is 2. The molecule has 18 heavy (non-hydrogen) atoms. The largest absolute Gasteiger partial charge is 0.337 e. The molecular formula is C13H20ClN3O. The van der Waals surface area contributed by atoms with Gasteiger partial charge in [0.15, 0.2) is 0 Å². The van der Waals surface area contributed by atoms with Gasteiger partial charge in [-0.25, -0.2) is 9.97 Å². The van der Waals surface area contributed by atoms with Gasteiger partial charge in [-0.2, -0.15) is 0 Å². The lowest BCUT2D eigenvalue weighted by Crippen LogP contribution is -2.33. The summed E-state index contributed by atoms with van der Waals surface area (Å²) in [5, 5.41) is 0.306. The number of halogens is 1.